The van der Waals surface area contributed by atoms with Crippen LogP contribution in [-0.2, 0) is 9.47 Å². The van der Waals surface area contributed by atoms with Crippen molar-refractivity contribution in [2.75, 3.05) is 13.2 Å². The summed E-state index contributed by atoms with van der Waals surface area (Å²) in [6.07, 6.45) is -1.37. The lowest BCUT2D eigenvalue weighted by molar-refractivity contribution is -0.0770. The number of aliphatic hydroxyl groups excluding tert-OH is 2. The lowest BCUT2D eigenvalue weighted by Gasteiger charge is -2.09. The molecule has 1 aromatic rings. The molecular formula is C11H14O4. The van der Waals surface area contributed by atoms with E-state index >= 15 is 0 Å². The molecule has 0 amide bonds. The largest absolute Gasteiger partial charge is 0.394 e. The van der Waals surface area contributed by atoms with Gasteiger partial charge in [-0.05, 0) is 0 Å². The minimum absolute atomic E-state index is 0.144. The van der Waals surface area contributed by atoms with Gasteiger partial charge in [-0.15, -0.1) is 0 Å². The van der Waals surface area contributed by atoms with Gasteiger partial charge >= 0.3 is 0 Å². The lowest BCUT2D eigenvalue weighted by atomic mass is 10.2. The van der Waals surface area contributed by atoms with Crippen LogP contribution >= 0.6 is 0 Å². The number of rotatable bonds is 3. The van der Waals surface area contributed by atoms with Crippen LogP contribution in [0, 0.1) is 0 Å². The van der Waals surface area contributed by atoms with E-state index in [1.807, 2.05) is 30.3 Å². The van der Waals surface area contributed by atoms with Crippen LogP contribution in [0.15, 0.2) is 30.3 Å². The fraction of sp³-hybridized carbons (Fsp3) is 0.455. The second-order valence-corrected chi connectivity index (χ2v) is 3.46. The van der Waals surface area contributed by atoms with Crippen molar-refractivity contribution >= 4 is 0 Å². The number of aliphatic hydroxyl groups is 2. The molecule has 0 radical (unpaired) electrons. The van der Waals surface area contributed by atoms with Crippen molar-refractivity contribution in [2.24, 2.45) is 0 Å². The molecule has 4 nitrogen and oxygen atoms in total. The van der Waals surface area contributed by atoms with Gasteiger partial charge in [0, 0.05) is 5.56 Å². The highest BCUT2D eigenvalue weighted by molar-refractivity contribution is 5.16. The van der Waals surface area contributed by atoms with Crippen molar-refractivity contribution in [3.05, 3.63) is 35.9 Å². The van der Waals surface area contributed by atoms with E-state index in [1.165, 1.54) is 0 Å². The Kier molecular flexibility index (Phi) is 3.33. The SMILES string of the molecule is OCC1OC(c2ccccc2)OC1CO. The Bertz CT molecular complexity index is 289. The van der Waals surface area contributed by atoms with Crippen molar-refractivity contribution in [3.8, 4) is 0 Å². The molecule has 15 heavy (non-hydrogen) atoms. The molecule has 0 aliphatic carbocycles. The molecule has 2 rings (SSSR count). The van der Waals surface area contributed by atoms with Gasteiger partial charge in [0.1, 0.15) is 12.2 Å². The number of ether oxygens (including phenoxy) is 2. The molecule has 1 heterocycles. The molecule has 0 saturated carbocycles. The second kappa shape index (κ2) is 4.72. The van der Waals surface area contributed by atoms with E-state index in [0.29, 0.717) is 0 Å². The van der Waals surface area contributed by atoms with E-state index in [0.717, 1.165) is 5.56 Å². The summed E-state index contributed by atoms with van der Waals surface area (Å²) in [5, 5.41) is 18.0. The third-order valence-corrected chi connectivity index (χ3v) is 2.44. The third-order valence-electron chi connectivity index (χ3n) is 2.44. The first-order chi connectivity index (χ1) is 7.35. The highest BCUT2D eigenvalue weighted by Crippen LogP contribution is 2.30. The van der Waals surface area contributed by atoms with Crippen molar-refractivity contribution < 1.29 is 19.7 Å². The Labute approximate surface area is 88.1 Å². The molecule has 1 aliphatic heterocycles. The Hall–Kier alpha value is -0.940. The summed E-state index contributed by atoms with van der Waals surface area (Å²) >= 11 is 0. The van der Waals surface area contributed by atoms with Crippen molar-refractivity contribution in [1.82, 2.24) is 0 Å². The predicted octanol–water partition coefficient (Wildman–Crippen LogP) is 0.454. The van der Waals surface area contributed by atoms with Gasteiger partial charge in [0.05, 0.1) is 13.2 Å². The van der Waals surface area contributed by atoms with E-state index in [4.69, 9.17) is 19.7 Å². The summed E-state index contributed by atoms with van der Waals surface area (Å²) in [6.45, 7) is -0.289. The summed E-state index contributed by atoms with van der Waals surface area (Å²) in [7, 11) is 0. The number of hydrogen-bond donors (Lipinski definition) is 2. The summed E-state index contributed by atoms with van der Waals surface area (Å²) < 4.78 is 10.9. The third kappa shape index (κ3) is 2.18. The minimum Gasteiger partial charge on any atom is -0.394 e. The van der Waals surface area contributed by atoms with Gasteiger partial charge in [-0.1, -0.05) is 30.3 Å². The fourth-order valence-corrected chi connectivity index (χ4v) is 1.61. The molecule has 4 heteroatoms. The normalized spacial score (nSPS) is 30.7. The molecule has 0 bridgehead atoms. The summed E-state index contributed by atoms with van der Waals surface area (Å²) in [5.41, 5.74) is 0.895. The first-order valence-electron chi connectivity index (χ1n) is 4.92. The standard InChI is InChI=1S/C11H14O4/c12-6-9-10(7-13)15-11(14-9)8-4-2-1-3-5-8/h1-5,9-13H,6-7H2. The Balaban J connectivity index is 2.08. The number of hydrogen-bond acceptors (Lipinski definition) is 4. The molecular weight excluding hydrogens is 196 g/mol. The van der Waals surface area contributed by atoms with Crippen LogP contribution < -0.4 is 0 Å². The fourth-order valence-electron chi connectivity index (χ4n) is 1.61. The highest BCUT2D eigenvalue weighted by Gasteiger charge is 2.35. The predicted molar refractivity (Wildman–Crippen MR) is 53.1 cm³/mol. The van der Waals surface area contributed by atoms with Gasteiger partial charge < -0.3 is 19.7 Å². The minimum atomic E-state index is -0.486. The van der Waals surface area contributed by atoms with Crippen LogP contribution in [0.5, 0.6) is 0 Å². The van der Waals surface area contributed by atoms with Gasteiger partial charge in [-0.25, -0.2) is 0 Å². The van der Waals surface area contributed by atoms with Gasteiger partial charge in [-0.3, -0.25) is 0 Å². The van der Waals surface area contributed by atoms with E-state index in [2.05, 4.69) is 0 Å². The molecule has 0 aromatic heterocycles. The number of benzene rings is 1. The zero-order chi connectivity index (χ0) is 10.7. The molecule has 1 aliphatic rings. The monoisotopic (exact) mass is 210 g/mol. The molecule has 1 fully saturated rings. The van der Waals surface area contributed by atoms with Crippen LogP contribution in [0.25, 0.3) is 0 Å². The van der Waals surface area contributed by atoms with Crippen molar-refractivity contribution in [2.45, 2.75) is 18.5 Å². The summed E-state index contributed by atoms with van der Waals surface area (Å²) in [5.74, 6) is 0. The van der Waals surface area contributed by atoms with E-state index < -0.39 is 18.5 Å². The summed E-state index contributed by atoms with van der Waals surface area (Å²) in [6, 6.07) is 9.47. The van der Waals surface area contributed by atoms with E-state index in [1.54, 1.807) is 0 Å². The molecule has 82 valence electrons. The molecule has 2 unspecified atom stereocenters. The van der Waals surface area contributed by atoms with Gasteiger partial charge in [0.2, 0.25) is 0 Å². The van der Waals surface area contributed by atoms with Crippen LogP contribution in [-0.4, -0.2) is 35.6 Å². The lowest BCUT2D eigenvalue weighted by Crippen LogP contribution is -2.29. The molecule has 0 spiro atoms. The quantitative estimate of drug-likeness (QED) is 0.760. The summed E-state index contributed by atoms with van der Waals surface area (Å²) in [4.78, 5) is 0. The maximum absolute atomic E-state index is 9.02. The van der Waals surface area contributed by atoms with Gasteiger partial charge in [0.25, 0.3) is 0 Å². The Morgan fingerprint density at radius 2 is 1.47 bits per heavy atom. The maximum Gasteiger partial charge on any atom is 0.184 e. The molecule has 1 saturated heterocycles. The van der Waals surface area contributed by atoms with Crippen LogP contribution in [0.1, 0.15) is 11.9 Å². The van der Waals surface area contributed by atoms with Crippen LogP contribution in [0.4, 0.5) is 0 Å². The van der Waals surface area contributed by atoms with Crippen molar-refractivity contribution in [1.29, 1.82) is 0 Å². The van der Waals surface area contributed by atoms with Crippen molar-refractivity contribution in [3.63, 3.8) is 0 Å². The first-order valence-corrected chi connectivity index (χ1v) is 4.92. The molecule has 2 atom stereocenters. The zero-order valence-electron chi connectivity index (χ0n) is 8.24. The van der Waals surface area contributed by atoms with Crippen LogP contribution in [0.2, 0.25) is 0 Å². The highest BCUT2D eigenvalue weighted by atomic mass is 16.7. The van der Waals surface area contributed by atoms with Gasteiger partial charge in [-0.2, -0.15) is 0 Å². The maximum atomic E-state index is 9.02. The zero-order valence-corrected chi connectivity index (χ0v) is 8.24. The average molecular weight is 210 g/mol. The smallest absolute Gasteiger partial charge is 0.184 e. The topological polar surface area (TPSA) is 58.9 Å². The average Bonchev–Trinajstić information content (AvgIpc) is 2.73. The Morgan fingerprint density at radius 3 is 1.93 bits per heavy atom. The van der Waals surface area contributed by atoms with E-state index in [-0.39, 0.29) is 13.2 Å². The Morgan fingerprint density at radius 1 is 0.933 bits per heavy atom. The molecule has 1 aromatic carbocycles. The van der Waals surface area contributed by atoms with Gasteiger partial charge in [0.15, 0.2) is 6.29 Å². The molecule has 2 N–H and O–H groups in total. The van der Waals surface area contributed by atoms with Crippen LogP contribution in [0.3, 0.4) is 0 Å². The first kappa shape index (κ1) is 10.6. The second-order valence-electron chi connectivity index (χ2n) is 3.46. The van der Waals surface area contributed by atoms with E-state index in [9.17, 15) is 0 Å².